The molecule has 9 aromatic carbocycles. The predicted molar refractivity (Wildman–Crippen MR) is 269 cm³/mol. The SMILES string of the molecule is c1ccc(-c2ccc(-c3cccc4c3c3cc5ccccc5cc3n4-c3ccc(-c4ccccc4-c4nc(-c5ccccc5)nc(-c5cccc6c5oc5cccnc56)n4)cc3)cc2)cc1. The van der Waals surface area contributed by atoms with Gasteiger partial charge in [0.05, 0.1) is 16.6 Å². The van der Waals surface area contributed by atoms with E-state index in [0.29, 0.717) is 23.1 Å². The van der Waals surface area contributed by atoms with Crippen LogP contribution in [0.25, 0.3) is 128 Å². The van der Waals surface area contributed by atoms with Crippen molar-refractivity contribution < 1.29 is 4.42 Å². The van der Waals surface area contributed by atoms with Crippen molar-refractivity contribution in [3.63, 3.8) is 0 Å². The third kappa shape index (κ3) is 6.26. The van der Waals surface area contributed by atoms with Gasteiger partial charge in [-0.3, -0.25) is 4.98 Å². The van der Waals surface area contributed by atoms with Crippen molar-refractivity contribution in [3.05, 3.63) is 225 Å². The number of benzene rings is 9. The van der Waals surface area contributed by atoms with Gasteiger partial charge in [0.25, 0.3) is 0 Å². The van der Waals surface area contributed by atoms with E-state index in [0.717, 1.165) is 61.0 Å². The zero-order chi connectivity index (χ0) is 43.6. The van der Waals surface area contributed by atoms with Gasteiger partial charge in [-0.25, -0.2) is 15.0 Å². The van der Waals surface area contributed by atoms with Crippen LogP contribution in [0.15, 0.2) is 229 Å². The minimum absolute atomic E-state index is 0.527. The molecule has 0 saturated carbocycles. The summed E-state index contributed by atoms with van der Waals surface area (Å²) in [5, 5.41) is 5.78. The molecule has 0 aliphatic heterocycles. The van der Waals surface area contributed by atoms with Crippen molar-refractivity contribution in [2.75, 3.05) is 0 Å². The second-order valence-corrected chi connectivity index (χ2v) is 16.6. The predicted octanol–water partition coefficient (Wildman–Crippen LogP) is 15.4. The van der Waals surface area contributed by atoms with Gasteiger partial charge in [-0.05, 0) is 98.8 Å². The van der Waals surface area contributed by atoms with Crippen LogP contribution in [0.5, 0.6) is 0 Å². The highest BCUT2D eigenvalue weighted by Gasteiger charge is 2.21. The van der Waals surface area contributed by atoms with Crippen LogP contribution in [0.1, 0.15) is 0 Å². The Morgan fingerprint density at radius 2 is 0.939 bits per heavy atom. The van der Waals surface area contributed by atoms with Gasteiger partial charge < -0.3 is 8.98 Å². The molecule has 0 unspecified atom stereocenters. The summed E-state index contributed by atoms with van der Waals surface area (Å²) in [6, 6.07) is 76.7. The number of para-hydroxylation sites is 1. The van der Waals surface area contributed by atoms with Gasteiger partial charge in [0.15, 0.2) is 23.1 Å². The van der Waals surface area contributed by atoms with Crippen LogP contribution in [0.4, 0.5) is 0 Å². The van der Waals surface area contributed by atoms with E-state index in [4.69, 9.17) is 19.4 Å². The quantitative estimate of drug-likeness (QED) is 0.160. The zero-order valence-electron chi connectivity index (χ0n) is 35.5. The Labute approximate surface area is 379 Å². The molecule has 13 aromatic rings. The smallest absolute Gasteiger partial charge is 0.167 e. The van der Waals surface area contributed by atoms with Gasteiger partial charge in [0, 0.05) is 39.2 Å². The fourth-order valence-electron chi connectivity index (χ4n) is 9.59. The summed E-state index contributed by atoms with van der Waals surface area (Å²) in [5.41, 5.74) is 15.0. The highest BCUT2D eigenvalue weighted by Crippen LogP contribution is 2.42. The third-order valence-electron chi connectivity index (χ3n) is 12.7. The van der Waals surface area contributed by atoms with Crippen LogP contribution >= 0.6 is 0 Å². The highest BCUT2D eigenvalue weighted by atomic mass is 16.3. The molecular weight excluding hydrogens is 807 g/mol. The average molecular weight is 844 g/mol. The lowest BCUT2D eigenvalue weighted by Gasteiger charge is -2.13. The minimum atomic E-state index is 0.527. The summed E-state index contributed by atoms with van der Waals surface area (Å²) >= 11 is 0. The number of nitrogens with zero attached hydrogens (tertiary/aromatic N) is 5. The molecule has 0 atom stereocenters. The molecule has 0 spiro atoms. The summed E-state index contributed by atoms with van der Waals surface area (Å²) < 4.78 is 8.83. The van der Waals surface area contributed by atoms with Crippen LogP contribution in [0.3, 0.4) is 0 Å². The Morgan fingerprint density at radius 1 is 0.364 bits per heavy atom. The van der Waals surface area contributed by atoms with Gasteiger partial charge in [0.1, 0.15) is 11.1 Å². The van der Waals surface area contributed by atoms with E-state index < -0.39 is 0 Å². The summed E-state index contributed by atoms with van der Waals surface area (Å²) in [7, 11) is 0. The van der Waals surface area contributed by atoms with E-state index in [-0.39, 0.29) is 0 Å². The number of hydrogen-bond acceptors (Lipinski definition) is 5. The van der Waals surface area contributed by atoms with Crippen LogP contribution in [0.2, 0.25) is 0 Å². The molecule has 0 N–H and O–H groups in total. The Hall–Kier alpha value is -9.00. The van der Waals surface area contributed by atoms with Crippen molar-refractivity contribution in [2.45, 2.75) is 0 Å². The van der Waals surface area contributed by atoms with E-state index in [1.807, 2.05) is 66.7 Å². The van der Waals surface area contributed by atoms with Crippen LogP contribution in [-0.2, 0) is 0 Å². The molecule has 6 nitrogen and oxygen atoms in total. The van der Waals surface area contributed by atoms with Gasteiger partial charge >= 0.3 is 0 Å². The van der Waals surface area contributed by atoms with Crippen molar-refractivity contribution >= 4 is 54.6 Å². The van der Waals surface area contributed by atoms with E-state index in [2.05, 4.69) is 161 Å². The first-order valence-corrected chi connectivity index (χ1v) is 22.1. The second kappa shape index (κ2) is 15.4. The van der Waals surface area contributed by atoms with Crippen molar-refractivity contribution in [1.82, 2.24) is 24.5 Å². The van der Waals surface area contributed by atoms with Gasteiger partial charge in [-0.1, -0.05) is 164 Å². The molecule has 4 heterocycles. The first kappa shape index (κ1) is 37.5. The highest BCUT2D eigenvalue weighted by molar-refractivity contribution is 6.18. The Kier molecular flexibility index (Phi) is 8.74. The maximum absolute atomic E-state index is 6.42. The number of rotatable bonds is 7. The second-order valence-electron chi connectivity index (χ2n) is 16.6. The zero-order valence-corrected chi connectivity index (χ0v) is 35.5. The number of fused-ring (bicyclic) bond motifs is 7. The molecule has 66 heavy (non-hydrogen) atoms. The molecule has 6 heteroatoms. The van der Waals surface area contributed by atoms with Crippen LogP contribution in [0, 0.1) is 0 Å². The van der Waals surface area contributed by atoms with Crippen molar-refractivity contribution in [2.24, 2.45) is 0 Å². The lowest BCUT2D eigenvalue weighted by Crippen LogP contribution is -2.01. The summed E-state index contributed by atoms with van der Waals surface area (Å²) in [4.78, 5) is 20.0. The number of pyridine rings is 1. The topological polar surface area (TPSA) is 69.6 Å². The van der Waals surface area contributed by atoms with Gasteiger partial charge in [0.2, 0.25) is 0 Å². The molecule has 308 valence electrons. The van der Waals surface area contributed by atoms with Gasteiger partial charge in [-0.2, -0.15) is 0 Å². The first-order chi connectivity index (χ1) is 32.7. The lowest BCUT2D eigenvalue weighted by molar-refractivity contribution is 0.668. The number of furan rings is 1. The first-order valence-electron chi connectivity index (χ1n) is 22.1. The number of aromatic nitrogens is 5. The van der Waals surface area contributed by atoms with E-state index in [1.165, 1.54) is 43.8 Å². The Balaban J connectivity index is 0.945. The van der Waals surface area contributed by atoms with Crippen LogP contribution in [-0.4, -0.2) is 24.5 Å². The monoisotopic (exact) mass is 843 g/mol. The molecule has 0 aliphatic carbocycles. The molecule has 0 amide bonds. The van der Waals surface area contributed by atoms with E-state index in [1.54, 1.807) is 6.20 Å². The van der Waals surface area contributed by atoms with Crippen molar-refractivity contribution in [3.8, 4) is 73.2 Å². The molecular formula is C60H37N5O. The molecule has 13 rings (SSSR count). The number of hydrogen-bond donors (Lipinski definition) is 0. The fourth-order valence-corrected chi connectivity index (χ4v) is 9.59. The summed E-state index contributed by atoms with van der Waals surface area (Å²) in [6.45, 7) is 0. The fraction of sp³-hybridized carbons (Fsp3) is 0. The largest absolute Gasteiger partial charge is 0.454 e. The van der Waals surface area contributed by atoms with Crippen LogP contribution < -0.4 is 0 Å². The lowest BCUT2D eigenvalue weighted by atomic mass is 9.96. The molecule has 0 bridgehead atoms. The molecule has 0 fully saturated rings. The van der Waals surface area contributed by atoms with Gasteiger partial charge in [-0.15, -0.1) is 0 Å². The molecule has 0 radical (unpaired) electrons. The normalized spacial score (nSPS) is 11.6. The maximum Gasteiger partial charge on any atom is 0.167 e. The Bertz CT molecular complexity index is 3970. The minimum Gasteiger partial charge on any atom is -0.454 e. The Morgan fingerprint density at radius 3 is 1.73 bits per heavy atom. The third-order valence-corrected chi connectivity index (χ3v) is 12.7. The average Bonchev–Trinajstić information content (AvgIpc) is 3.94. The van der Waals surface area contributed by atoms with Crippen molar-refractivity contribution in [1.29, 1.82) is 0 Å². The molecule has 0 saturated heterocycles. The maximum atomic E-state index is 6.42. The van der Waals surface area contributed by atoms with E-state index in [9.17, 15) is 0 Å². The molecule has 4 aromatic heterocycles. The molecule has 0 aliphatic rings. The summed E-state index contributed by atoms with van der Waals surface area (Å²) in [5.74, 6) is 1.68. The summed E-state index contributed by atoms with van der Waals surface area (Å²) in [6.07, 6.45) is 1.79. The standard InChI is InChI=1S/C60H37N5O/c1-3-14-38(15-4-1)39-27-29-41(30-28-39)47-22-12-25-52-55(47)51-36-43-18-7-8-19-44(43)37-53(51)65(52)45-33-31-40(32-34-45)46-20-9-10-21-48(46)59-62-58(42-16-5-2-6-17-42)63-60(64-59)50-24-11-23-49-56-54(66-57(49)50)26-13-35-61-56/h1-37H. The van der Waals surface area contributed by atoms with E-state index >= 15 is 0 Å².